The smallest absolute Gasteiger partial charge is 0.309 e. The van der Waals surface area contributed by atoms with Crippen LogP contribution in [0.3, 0.4) is 0 Å². The maximum atomic E-state index is 12.4. The van der Waals surface area contributed by atoms with Crippen molar-refractivity contribution >= 4 is 23.4 Å². The first-order valence-corrected chi connectivity index (χ1v) is 9.09. The fraction of sp³-hybridized carbons (Fsp3) is 0.364. The highest BCUT2D eigenvalue weighted by Crippen LogP contribution is 2.28. The quantitative estimate of drug-likeness (QED) is 0.685. The number of rotatable bonds is 7. The number of ketones is 1. The van der Waals surface area contributed by atoms with Crippen LogP contribution < -0.4 is 0 Å². The van der Waals surface area contributed by atoms with Crippen molar-refractivity contribution in [3.63, 3.8) is 0 Å². The summed E-state index contributed by atoms with van der Waals surface area (Å²) in [4.78, 5) is 23.5. The van der Waals surface area contributed by atoms with Crippen LogP contribution in [0.2, 0.25) is 5.02 Å². The minimum Gasteiger partial charge on any atom is -0.481 e. The summed E-state index contributed by atoms with van der Waals surface area (Å²) < 4.78 is 0. The van der Waals surface area contributed by atoms with Gasteiger partial charge in [0.2, 0.25) is 0 Å². The molecule has 0 unspecified atom stereocenters. The van der Waals surface area contributed by atoms with E-state index in [9.17, 15) is 9.59 Å². The number of carboxylic acid groups (broad SMARTS) is 1. The van der Waals surface area contributed by atoms with Crippen molar-refractivity contribution in [2.75, 3.05) is 0 Å². The van der Waals surface area contributed by atoms with Crippen LogP contribution in [0.25, 0.3) is 11.1 Å². The average Bonchev–Trinajstić information content (AvgIpc) is 2.56. The molecule has 0 aliphatic heterocycles. The number of carbonyl (C=O) groups excluding carboxylic acids is 1. The predicted molar refractivity (Wildman–Crippen MR) is 106 cm³/mol. The molecular formula is C22H25ClO3. The molecule has 2 aromatic rings. The molecule has 2 rings (SSSR count). The van der Waals surface area contributed by atoms with Crippen molar-refractivity contribution in [2.45, 2.75) is 47.0 Å². The van der Waals surface area contributed by atoms with Crippen LogP contribution in [0.1, 0.15) is 43.4 Å². The van der Waals surface area contributed by atoms with Crippen LogP contribution in [0, 0.1) is 19.3 Å². The number of hydrogen-bond donors (Lipinski definition) is 1. The second-order valence-electron chi connectivity index (χ2n) is 7.50. The molecule has 0 saturated heterocycles. The van der Waals surface area contributed by atoms with Crippen molar-refractivity contribution in [3.8, 4) is 11.1 Å². The zero-order valence-corrected chi connectivity index (χ0v) is 16.5. The van der Waals surface area contributed by atoms with Crippen LogP contribution in [-0.4, -0.2) is 16.9 Å². The number of carbonyl (C=O) groups is 2. The third-order valence-corrected chi connectivity index (χ3v) is 5.11. The summed E-state index contributed by atoms with van der Waals surface area (Å²) in [5, 5.41) is 9.87. The lowest BCUT2D eigenvalue weighted by atomic mass is 9.85. The molecule has 0 bridgehead atoms. The van der Waals surface area contributed by atoms with E-state index in [1.54, 1.807) is 13.8 Å². The van der Waals surface area contributed by atoms with Gasteiger partial charge in [-0.2, -0.15) is 0 Å². The van der Waals surface area contributed by atoms with Crippen molar-refractivity contribution in [1.82, 2.24) is 0 Å². The van der Waals surface area contributed by atoms with Crippen LogP contribution in [-0.2, 0) is 16.0 Å². The van der Waals surface area contributed by atoms with E-state index in [4.69, 9.17) is 16.7 Å². The summed E-state index contributed by atoms with van der Waals surface area (Å²) in [5.74, 6) is -0.797. The fourth-order valence-corrected chi connectivity index (χ4v) is 3.05. The maximum Gasteiger partial charge on any atom is 0.309 e. The van der Waals surface area contributed by atoms with E-state index in [1.165, 1.54) is 0 Å². The van der Waals surface area contributed by atoms with Gasteiger partial charge in [0.1, 0.15) is 5.78 Å². The molecule has 0 saturated carbocycles. The number of Topliss-reactive ketones (excluding diaryl/α,β-unsaturated/α-hetero) is 1. The van der Waals surface area contributed by atoms with Gasteiger partial charge in [0.05, 0.1) is 5.41 Å². The summed E-state index contributed by atoms with van der Waals surface area (Å²) >= 11 is 5.95. The Morgan fingerprint density at radius 3 is 2.04 bits per heavy atom. The van der Waals surface area contributed by atoms with Crippen molar-refractivity contribution in [1.29, 1.82) is 0 Å². The van der Waals surface area contributed by atoms with Gasteiger partial charge in [0.15, 0.2) is 0 Å². The Labute approximate surface area is 160 Å². The third-order valence-electron chi connectivity index (χ3n) is 4.86. The molecule has 4 heteroatoms. The summed E-state index contributed by atoms with van der Waals surface area (Å²) in [5.41, 5.74) is 4.47. The van der Waals surface area contributed by atoms with E-state index in [-0.39, 0.29) is 12.2 Å². The van der Waals surface area contributed by atoms with E-state index in [1.807, 2.05) is 38.1 Å². The second-order valence-corrected chi connectivity index (χ2v) is 7.94. The van der Waals surface area contributed by atoms with E-state index >= 15 is 0 Å². The summed E-state index contributed by atoms with van der Waals surface area (Å²) in [7, 11) is 0. The van der Waals surface area contributed by atoms with Gasteiger partial charge in [-0.25, -0.2) is 0 Å². The van der Waals surface area contributed by atoms with E-state index in [2.05, 4.69) is 12.1 Å². The van der Waals surface area contributed by atoms with Gasteiger partial charge in [0, 0.05) is 17.9 Å². The van der Waals surface area contributed by atoms with Gasteiger partial charge in [-0.15, -0.1) is 0 Å². The molecule has 26 heavy (non-hydrogen) atoms. The van der Waals surface area contributed by atoms with Crippen molar-refractivity contribution in [2.24, 2.45) is 5.41 Å². The first-order valence-electron chi connectivity index (χ1n) is 8.71. The van der Waals surface area contributed by atoms with Gasteiger partial charge < -0.3 is 5.11 Å². The lowest BCUT2D eigenvalue weighted by molar-refractivity contribution is -0.147. The summed E-state index contributed by atoms with van der Waals surface area (Å²) in [6.07, 6.45) is 0.966. The third kappa shape index (κ3) is 4.95. The minimum atomic E-state index is -0.877. The van der Waals surface area contributed by atoms with Gasteiger partial charge in [-0.1, -0.05) is 35.9 Å². The van der Waals surface area contributed by atoms with Gasteiger partial charge >= 0.3 is 5.97 Å². The first kappa shape index (κ1) is 20.2. The highest BCUT2D eigenvalue weighted by Gasteiger charge is 2.27. The topological polar surface area (TPSA) is 54.4 Å². The molecule has 138 valence electrons. The minimum absolute atomic E-state index is 0.0739. The molecule has 0 radical (unpaired) electrons. The highest BCUT2D eigenvalue weighted by molar-refractivity contribution is 6.30. The van der Waals surface area contributed by atoms with E-state index in [0.29, 0.717) is 17.9 Å². The Morgan fingerprint density at radius 2 is 1.54 bits per heavy atom. The molecule has 0 aliphatic rings. The number of halogens is 1. The standard InChI is InChI=1S/C22H25ClO3/c1-14-11-17(16-5-7-18(23)8-6-16)12-15(2)20(14)13-19(24)9-10-22(3,4)21(25)26/h5-8,11-12H,9-10,13H2,1-4H3,(H,25,26). The Kier molecular flexibility index (Phi) is 6.25. The zero-order valence-electron chi connectivity index (χ0n) is 15.7. The first-order chi connectivity index (χ1) is 12.1. The van der Waals surface area contributed by atoms with Crippen LogP contribution in [0.4, 0.5) is 0 Å². The Balaban J connectivity index is 2.14. The molecule has 0 aromatic heterocycles. The van der Waals surface area contributed by atoms with Crippen molar-refractivity contribution < 1.29 is 14.7 Å². The zero-order chi connectivity index (χ0) is 19.5. The fourth-order valence-electron chi connectivity index (χ4n) is 2.93. The molecule has 0 heterocycles. The van der Waals surface area contributed by atoms with Crippen LogP contribution >= 0.6 is 11.6 Å². The normalized spacial score (nSPS) is 11.4. The van der Waals surface area contributed by atoms with Gasteiger partial charge in [-0.05, 0) is 74.1 Å². The highest BCUT2D eigenvalue weighted by atomic mass is 35.5. The molecular weight excluding hydrogens is 348 g/mol. The molecule has 2 aromatic carbocycles. The molecule has 0 spiro atoms. The molecule has 1 N–H and O–H groups in total. The summed E-state index contributed by atoms with van der Waals surface area (Å²) in [6, 6.07) is 11.9. The van der Waals surface area contributed by atoms with Crippen LogP contribution in [0.15, 0.2) is 36.4 Å². The van der Waals surface area contributed by atoms with E-state index < -0.39 is 11.4 Å². The van der Waals surface area contributed by atoms with Crippen LogP contribution in [0.5, 0.6) is 0 Å². The second kappa shape index (κ2) is 8.05. The lowest BCUT2D eigenvalue weighted by Gasteiger charge is -2.18. The Morgan fingerprint density at radius 1 is 1.00 bits per heavy atom. The maximum absolute atomic E-state index is 12.4. The number of carboxylic acids is 1. The molecule has 3 nitrogen and oxygen atoms in total. The number of aryl methyl sites for hydroxylation is 2. The largest absolute Gasteiger partial charge is 0.481 e. The lowest BCUT2D eigenvalue weighted by Crippen LogP contribution is -2.24. The summed E-state index contributed by atoms with van der Waals surface area (Å²) in [6.45, 7) is 7.33. The Hall–Kier alpha value is -2.13. The molecule has 0 aliphatic carbocycles. The Bertz CT molecular complexity index is 797. The number of benzene rings is 2. The SMILES string of the molecule is Cc1cc(-c2ccc(Cl)cc2)cc(C)c1CC(=O)CCC(C)(C)C(=O)O. The van der Waals surface area contributed by atoms with Gasteiger partial charge in [0.25, 0.3) is 0 Å². The molecule has 0 amide bonds. The molecule has 0 fully saturated rings. The van der Waals surface area contributed by atoms with Crippen molar-refractivity contribution in [3.05, 3.63) is 58.1 Å². The number of hydrogen-bond acceptors (Lipinski definition) is 2. The average molecular weight is 373 g/mol. The van der Waals surface area contributed by atoms with Gasteiger partial charge in [-0.3, -0.25) is 9.59 Å². The monoisotopic (exact) mass is 372 g/mol. The molecule has 0 atom stereocenters. The predicted octanol–water partition coefficient (Wildman–Crippen LogP) is 5.63. The van der Waals surface area contributed by atoms with E-state index in [0.717, 1.165) is 27.8 Å². The number of aliphatic carboxylic acids is 1.